The van der Waals surface area contributed by atoms with Gasteiger partial charge in [-0.15, -0.1) is 23.5 Å². The molecule has 0 saturated carbocycles. The fraction of sp³-hybridized carbons (Fsp3) is 0.600. The molecule has 1 aromatic rings. The molecule has 3 nitrogen and oxygen atoms in total. The Hall–Kier alpha value is -0.200. The Morgan fingerprint density at radius 2 is 1.94 bits per heavy atom. The number of carboxylic acid groups (broad SMARTS) is 1. The van der Waals surface area contributed by atoms with Crippen molar-refractivity contribution >= 4 is 41.0 Å². The van der Waals surface area contributed by atoms with Gasteiger partial charge in [0.25, 0.3) is 0 Å². The van der Waals surface area contributed by atoms with Gasteiger partial charge in [-0.2, -0.15) is 4.37 Å². The minimum absolute atomic E-state index is 0.405. The molecule has 1 aromatic heterocycles. The number of hydrogen-bond donors (Lipinski definition) is 1. The summed E-state index contributed by atoms with van der Waals surface area (Å²) in [6, 6.07) is 0. The van der Waals surface area contributed by atoms with Crippen LogP contribution in [0.5, 0.6) is 0 Å². The molecule has 0 fully saturated rings. The number of hydrogen-bond acceptors (Lipinski definition) is 5. The predicted octanol–water partition coefficient (Wildman–Crippen LogP) is 3.85. The summed E-state index contributed by atoms with van der Waals surface area (Å²) in [5, 5.41) is 9.85. The molecule has 0 aliphatic carbocycles. The fourth-order valence-corrected chi connectivity index (χ4v) is 4.04. The summed E-state index contributed by atoms with van der Waals surface area (Å²) < 4.78 is 5.07. The largest absolute Gasteiger partial charge is 0.478 e. The number of rotatable bonds is 7. The maximum Gasteiger partial charge on any atom is 0.340 e. The number of thioether (sulfide) groups is 2. The van der Waals surface area contributed by atoms with Crippen molar-refractivity contribution in [3.63, 3.8) is 0 Å². The zero-order chi connectivity index (χ0) is 12.0. The van der Waals surface area contributed by atoms with E-state index in [-0.39, 0.29) is 0 Å². The van der Waals surface area contributed by atoms with E-state index in [1.54, 1.807) is 11.8 Å². The highest BCUT2D eigenvalue weighted by Gasteiger charge is 2.20. The van der Waals surface area contributed by atoms with Crippen molar-refractivity contribution in [3.05, 3.63) is 5.56 Å². The minimum Gasteiger partial charge on any atom is -0.478 e. The highest BCUT2D eigenvalue weighted by Crippen LogP contribution is 2.35. The van der Waals surface area contributed by atoms with Gasteiger partial charge in [-0.3, -0.25) is 0 Å². The predicted molar refractivity (Wildman–Crippen MR) is 71.1 cm³/mol. The quantitative estimate of drug-likeness (QED) is 0.767. The van der Waals surface area contributed by atoms with E-state index in [0.29, 0.717) is 10.6 Å². The molecule has 0 aromatic carbocycles. The first-order valence-corrected chi connectivity index (χ1v) is 7.93. The van der Waals surface area contributed by atoms with E-state index in [1.807, 2.05) is 0 Å². The van der Waals surface area contributed by atoms with Gasteiger partial charge in [0.15, 0.2) is 0 Å². The highest BCUT2D eigenvalue weighted by molar-refractivity contribution is 8.01. The second kappa shape index (κ2) is 7.19. The van der Waals surface area contributed by atoms with Crippen molar-refractivity contribution in [3.8, 4) is 0 Å². The van der Waals surface area contributed by atoms with Crippen molar-refractivity contribution in [1.29, 1.82) is 0 Å². The summed E-state index contributed by atoms with van der Waals surface area (Å²) in [4.78, 5) is 11.2. The van der Waals surface area contributed by atoms with Gasteiger partial charge in [0.05, 0.1) is 4.21 Å². The maximum absolute atomic E-state index is 11.2. The Kier molecular flexibility index (Phi) is 6.23. The third-order valence-corrected chi connectivity index (χ3v) is 5.32. The van der Waals surface area contributed by atoms with E-state index in [1.165, 1.54) is 23.3 Å². The smallest absolute Gasteiger partial charge is 0.340 e. The molecule has 90 valence electrons. The van der Waals surface area contributed by atoms with Crippen LogP contribution in [0.25, 0.3) is 0 Å². The van der Waals surface area contributed by atoms with Gasteiger partial charge in [0.2, 0.25) is 0 Å². The fourth-order valence-electron chi connectivity index (χ4n) is 1.03. The second-order valence-corrected chi connectivity index (χ2v) is 6.37. The topological polar surface area (TPSA) is 50.2 Å². The van der Waals surface area contributed by atoms with Gasteiger partial charge in [0.1, 0.15) is 10.6 Å². The number of carbonyl (C=O) groups is 1. The van der Waals surface area contributed by atoms with Gasteiger partial charge < -0.3 is 5.11 Å². The van der Waals surface area contributed by atoms with Crippen LogP contribution >= 0.6 is 35.1 Å². The average Bonchev–Trinajstić information content (AvgIpc) is 2.66. The molecule has 0 spiro atoms. The van der Waals surface area contributed by atoms with E-state index in [0.717, 1.165) is 28.6 Å². The summed E-state index contributed by atoms with van der Waals surface area (Å²) >= 11 is 4.43. The summed E-state index contributed by atoms with van der Waals surface area (Å²) in [7, 11) is 0. The first-order valence-electron chi connectivity index (χ1n) is 5.19. The molecule has 0 atom stereocenters. The average molecular weight is 277 g/mol. The second-order valence-electron chi connectivity index (χ2n) is 3.15. The van der Waals surface area contributed by atoms with Crippen LogP contribution in [0.4, 0.5) is 0 Å². The summed E-state index contributed by atoms with van der Waals surface area (Å²) in [5.41, 5.74) is 0.405. The van der Waals surface area contributed by atoms with Crippen molar-refractivity contribution < 1.29 is 9.90 Å². The summed E-state index contributed by atoms with van der Waals surface area (Å²) in [6.45, 7) is 4.16. The summed E-state index contributed by atoms with van der Waals surface area (Å²) in [6.07, 6.45) is 2.07. The SMILES string of the molecule is CCCSc1nsc(SCCC)c1C(=O)O. The van der Waals surface area contributed by atoms with Gasteiger partial charge in [-0.1, -0.05) is 13.8 Å². The van der Waals surface area contributed by atoms with Crippen molar-refractivity contribution in [1.82, 2.24) is 4.37 Å². The Morgan fingerprint density at radius 3 is 2.50 bits per heavy atom. The Labute approximate surface area is 108 Å². The van der Waals surface area contributed by atoms with Crippen LogP contribution in [0.1, 0.15) is 37.0 Å². The van der Waals surface area contributed by atoms with Crippen LogP contribution in [-0.4, -0.2) is 27.0 Å². The van der Waals surface area contributed by atoms with Crippen molar-refractivity contribution in [2.24, 2.45) is 0 Å². The lowest BCUT2D eigenvalue weighted by molar-refractivity contribution is 0.0690. The van der Waals surface area contributed by atoms with Crippen LogP contribution in [-0.2, 0) is 0 Å². The number of aromatic carboxylic acids is 1. The lowest BCUT2D eigenvalue weighted by Crippen LogP contribution is -1.98. The summed E-state index contributed by atoms with van der Waals surface area (Å²) in [5.74, 6) is 1.01. The Balaban J connectivity index is 2.84. The number of aromatic nitrogens is 1. The molecule has 0 saturated heterocycles. The Morgan fingerprint density at radius 1 is 1.31 bits per heavy atom. The van der Waals surface area contributed by atoms with Gasteiger partial charge in [0, 0.05) is 0 Å². The first-order chi connectivity index (χ1) is 7.70. The Bertz CT molecular complexity index is 326. The molecular formula is C10H15NO2S3. The van der Waals surface area contributed by atoms with E-state index >= 15 is 0 Å². The van der Waals surface area contributed by atoms with E-state index in [4.69, 9.17) is 0 Å². The molecule has 0 amide bonds. The zero-order valence-corrected chi connectivity index (χ0v) is 11.8. The number of nitrogens with zero attached hydrogens (tertiary/aromatic N) is 1. The van der Waals surface area contributed by atoms with Crippen LogP contribution < -0.4 is 0 Å². The van der Waals surface area contributed by atoms with Gasteiger partial charge >= 0.3 is 5.97 Å². The third kappa shape index (κ3) is 3.68. The van der Waals surface area contributed by atoms with Gasteiger partial charge in [-0.25, -0.2) is 4.79 Å². The maximum atomic E-state index is 11.2. The standard InChI is InChI=1S/C10H15NO2S3/c1-3-5-14-8-7(9(12)13)10(16-11-8)15-6-4-2/h3-6H2,1-2H3,(H,12,13). The molecular weight excluding hydrogens is 262 g/mol. The molecule has 1 heterocycles. The van der Waals surface area contributed by atoms with Gasteiger partial charge in [-0.05, 0) is 35.9 Å². The van der Waals surface area contributed by atoms with Crippen molar-refractivity contribution in [2.75, 3.05) is 11.5 Å². The zero-order valence-electron chi connectivity index (χ0n) is 9.36. The van der Waals surface area contributed by atoms with Crippen LogP contribution in [0, 0.1) is 0 Å². The lowest BCUT2D eigenvalue weighted by Gasteiger charge is -1.99. The van der Waals surface area contributed by atoms with Crippen LogP contribution in [0.2, 0.25) is 0 Å². The van der Waals surface area contributed by atoms with E-state index in [2.05, 4.69) is 18.2 Å². The number of carboxylic acids is 1. The van der Waals surface area contributed by atoms with E-state index in [9.17, 15) is 9.90 Å². The minimum atomic E-state index is -0.856. The third-order valence-electron chi connectivity index (χ3n) is 1.72. The monoisotopic (exact) mass is 277 g/mol. The molecule has 6 heteroatoms. The molecule has 0 aliphatic heterocycles. The normalized spacial score (nSPS) is 10.6. The van der Waals surface area contributed by atoms with Crippen molar-refractivity contribution in [2.45, 2.75) is 35.9 Å². The molecule has 0 bridgehead atoms. The first kappa shape index (κ1) is 13.9. The lowest BCUT2D eigenvalue weighted by atomic mass is 10.4. The molecule has 0 radical (unpaired) electrons. The van der Waals surface area contributed by atoms with Crippen LogP contribution in [0.15, 0.2) is 9.24 Å². The van der Waals surface area contributed by atoms with E-state index < -0.39 is 5.97 Å². The molecule has 1 rings (SSSR count). The molecule has 0 unspecified atom stereocenters. The molecule has 0 aliphatic rings. The molecule has 1 N–H and O–H groups in total. The highest BCUT2D eigenvalue weighted by atomic mass is 32.2. The van der Waals surface area contributed by atoms with Crippen LogP contribution in [0.3, 0.4) is 0 Å². The molecule has 16 heavy (non-hydrogen) atoms.